The van der Waals surface area contributed by atoms with Crippen LogP contribution < -0.4 is 16.0 Å². The zero-order valence-corrected chi connectivity index (χ0v) is 13.0. The maximum atomic E-state index is 11.5. The van der Waals surface area contributed by atoms with Crippen molar-refractivity contribution in [3.8, 4) is 0 Å². The zero-order chi connectivity index (χ0) is 14.8. The number of anilines is 1. The molecule has 0 saturated heterocycles. The van der Waals surface area contributed by atoms with Gasteiger partial charge in [-0.3, -0.25) is 4.79 Å². The largest absolute Gasteiger partial charge is 0.359 e. The van der Waals surface area contributed by atoms with E-state index in [1.807, 2.05) is 12.1 Å². The molecule has 1 amide bonds. The van der Waals surface area contributed by atoms with Crippen LogP contribution in [-0.2, 0) is 0 Å². The van der Waals surface area contributed by atoms with Gasteiger partial charge in [0, 0.05) is 24.3 Å². The van der Waals surface area contributed by atoms with E-state index in [0.29, 0.717) is 16.7 Å². The first kappa shape index (κ1) is 14.3. The highest BCUT2D eigenvalue weighted by molar-refractivity contribution is 7.80. The highest BCUT2D eigenvalue weighted by Crippen LogP contribution is 2.44. The number of rotatable bonds is 3. The molecule has 3 atom stereocenters. The minimum Gasteiger partial charge on any atom is -0.359 e. The summed E-state index contributed by atoms with van der Waals surface area (Å²) in [6.07, 6.45) is 5.35. The van der Waals surface area contributed by atoms with Gasteiger partial charge in [-0.1, -0.05) is 6.42 Å². The number of carbonyl (C=O) groups excluding carboxylic acids is 1. The van der Waals surface area contributed by atoms with Crippen LogP contribution in [0.4, 0.5) is 5.69 Å². The Labute approximate surface area is 130 Å². The zero-order valence-electron chi connectivity index (χ0n) is 12.2. The molecule has 0 unspecified atom stereocenters. The Morgan fingerprint density at radius 3 is 2.52 bits per heavy atom. The van der Waals surface area contributed by atoms with Crippen molar-refractivity contribution in [1.29, 1.82) is 0 Å². The third-order valence-electron chi connectivity index (χ3n) is 4.69. The second-order valence-corrected chi connectivity index (χ2v) is 6.44. The summed E-state index contributed by atoms with van der Waals surface area (Å²) in [5.74, 6) is 1.62. The lowest BCUT2D eigenvalue weighted by Gasteiger charge is -2.24. The minimum atomic E-state index is -0.0794. The van der Waals surface area contributed by atoms with Crippen LogP contribution in [0.1, 0.15) is 36.0 Å². The summed E-state index contributed by atoms with van der Waals surface area (Å²) in [4.78, 5) is 11.5. The molecular formula is C16H21N3OS. The predicted octanol–water partition coefficient (Wildman–Crippen LogP) is 2.52. The van der Waals surface area contributed by atoms with Crippen molar-refractivity contribution in [2.75, 3.05) is 12.4 Å². The van der Waals surface area contributed by atoms with Crippen LogP contribution in [0.15, 0.2) is 24.3 Å². The van der Waals surface area contributed by atoms with Gasteiger partial charge in [0.05, 0.1) is 0 Å². The van der Waals surface area contributed by atoms with Crippen LogP contribution in [0, 0.1) is 11.8 Å². The maximum Gasteiger partial charge on any atom is 0.251 e. The van der Waals surface area contributed by atoms with Gasteiger partial charge >= 0.3 is 0 Å². The summed E-state index contributed by atoms with van der Waals surface area (Å²) in [5, 5.41) is 9.94. The predicted molar refractivity (Wildman–Crippen MR) is 88.4 cm³/mol. The topological polar surface area (TPSA) is 53.2 Å². The Kier molecular flexibility index (Phi) is 4.10. The molecule has 5 heteroatoms. The smallest absolute Gasteiger partial charge is 0.251 e. The van der Waals surface area contributed by atoms with Crippen molar-refractivity contribution in [2.45, 2.75) is 31.7 Å². The Hall–Kier alpha value is -1.62. The summed E-state index contributed by atoms with van der Waals surface area (Å²) in [7, 11) is 1.63. The monoisotopic (exact) mass is 303 g/mol. The molecule has 2 bridgehead atoms. The minimum absolute atomic E-state index is 0.0794. The second kappa shape index (κ2) is 6.02. The van der Waals surface area contributed by atoms with Gasteiger partial charge in [-0.25, -0.2) is 0 Å². The molecule has 0 radical (unpaired) electrons. The van der Waals surface area contributed by atoms with Crippen LogP contribution in [-0.4, -0.2) is 24.1 Å². The van der Waals surface area contributed by atoms with Crippen LogP contribution in [0.25, 0.3) is 0 Å². The highest BCUT2D eigenvalue weighted by Gasteiger charge is 2.39. The number of fused-ring (bicyclic) bond motifs is 2. The average molecular weight is 303 g/mol. The van der Waals surface area contributed by atoms with Crippen molar-refractivity contribution in [1.82, 2.24) is 10.6 Å². The van der Waals surface area contributed by atoms with Gasteiger partial charge in [0.1, 0.15) is 0 Å². The lowest BCUT2D eigenvalue weighted by Crippen LogP contribution is -2.40. The fourth-order valence-electron chi connectivity index (χ4n) is 3.61. The third kappa shape index (κ3) is 3.18. The molecule has 2 fully saturated rings. The molecule has 21 heavy (non-hydrogen) atoms. The SMILES string of the molecule is CNC(=O)c1ccc(NC(=S)N[C@@H]2C[C@@H]3CC[C@@H]2C3)cc1. The summed E-state index contributed by atoms with van der Waals surface area (Å²) in [5.41, 5.74) is 1.55. The number of hydrogen-bond acceptors (Lipinski definition) is 2. The Morgan fingerprint density at radius 1 is 1.19 bits per heavy atom. The molecule has 2 aliphatic rings. The van der Waals surface area contributed by atoms with Crippen molar-refractivity contribution in [3.63, 3.8) is 0 Å². The van der Waals surface area contributed by atoms with Gasteiger partial charge in [-0.05, 0) is 67.6 Å². The molecule has 1 aromatic carbocycles. The molecular weight excluding hydrogens is 282 g/mol. The summed E-state index contributed by atoms with van der Waals surface area (Å²) >= 11 is 5.39. The quantitative estimate of drug-likeness (QED) is 0.751. The van der Waals surface area contributed by atoms with Crippen LogP contribution in [0.5, 0.6) is 0 Å². The van der Waals surface area contributed by atoms with E-state index in [-0.39, 0.29) is 5.91 Å². The third-order valence-corrected chi connectivity index (χ3v) is 4.91. The Balaban J connectivity index is 1.54. The van der Waals surface area contributed by atoms with Crippen molar-refractivity contribution < 1.29 is 4.79 Å². The molecule has 0 spiro atoms. The van der Waals surface area contributed by atoms with E-state index in [1.54, 1.807) is 19.2 Å². The lowest BCUT2D eigenvalue weighted by atomic mass is 9.96. The molecule has 0 aliphatic heterocycles. The molecule has 3 N–H and O–H groups in total. The van der Waals surface area contributed by atoms with E-state index in [4.69, 9.17) is 12.2 Å². The van der Waals surface area contributed by atoms with E-state index in [9.17, 15) is 4.79 Å². The normalized spacial score (nSPS) is 26.4. The molecule has 0 heterocycles. The highest BCUT2D eigenvalue weighted by atomic mass is 32.1. The first-order valence-electron chi connectivity index (χ1n) is 7.55. The molecule has 3 rings (SSSR count). The number of carbonyl (C=O) groups is 1. The fraction of sp³-hybridized carbons (Fsp3) is 0.500. The molecule has 1 aromatic rings. The molecule has 2 saturated carbocycles. The number of nitrogens with one attached hydrogen (secondary N) is 3. The van der Waals surface area contributed by atoms with Crippen LogP contribution in [0.3, 0.4) is 0 Å². The summed E-state index contributed by atoms with van der Waals surface area (Å²) in [6.45, 7) is 0. The van der Waals surface area contributed by atoms with E-state index < -0.39 is 0 Å². The molecule has 112 valence electrons. The van der Waals surface area contributed by atoms with Crippen molar-refractivity contribution in [2.24, 2.45) is 11.8 Å². The standard InChI is InChI=1S/C16H21N3OS/c1-17-15(20)11-4-6-13(7-5-11)18-16(21)19-14-9-10-2-3-12(14)8-10/h4-7,10,12,14H,2-3,8-9H2,1H3,(H,17,20)(H2,18,19,21)/t10-,12-,14-/m1/s1. The van der Waals surface area contributed by atoms with Gasteiger partial charge < -0.3 is 16.0 Å². The second-order valence-electron chi connectivity index (χ2n) is 6.04. The van der Waals surface area contributed by atoms with Gasteiger partial charge in [0.2, 0.25) is 0 Å². The number of benzene rings is 1. The number of amides is 1. The van der Waals surface area contributed by atoms with Gasteiger partial charge in [0.25, 0.3) is 5.91 Å². The molecule has 4 nitrogen and oxygen atoms in total. The van der Waals surface area contributed by atoms with Gasteiger partial charge in [-0.15, -0.1) is 0 Å². The van der Waals surface area contributed by atoms with E-state index >= 15 is 0 Å². The van der Waals surface area contributed by atoms with E-state index in [0.717, 1.165) is 17.5 Å². The van der Waals surface area contributed by atoms with Crippen LogP contribution >= 0.6 is 12.2 Å². The maximum absolute atomic E-state index is 11.5. The van der Waals surface area contributed by atoms with Gasteiger partial charge in [0.15, 0.2) is 5.11 Å². The number of hydrogen-bond donors (Lipinski definition) is 3. The van der Waals surface area contributed by atoms with Crippen molar-refractivity contribution >= 4 is 28.9 Å². The Morgan fingerprint density at radius 2 is 1.95 bits per heavy atom. The lowest BCUT2D eigenvalue weighted by molar-refractivity contribution is 0.0963. The van der Waals surface area contributed by atoms with E-state index in [1.165, 1.54) is 25.7 Å². The van der Waals surface area contributed by atoms with Crippen molar-refractivity contribution in [3.05, 3.63) is 29.8 Å². The number of thiocarbonyl (C=S) groups is 1. The molecule has 2 aliphatic carbocycles. The first-order valence-corrected chi connectivity index (χ1v) is 7.96. The first-order chi connectivity index (χ1) is 10.2. The van der Waals surface area contributed by atoms with Gasteiger partial charge in [-0.2, -0.15) is 0 Å². The average Bonchev–Trinajstić information content (AvgIpc) is 3.09. The fourth-order valence-corrected chi connectivity index (χ4v) is 3.88. The van der Waals surface area contributed by atoms with E-state index in [2.05, 4.69) is 16.0 Å². The Bertz CT molecular complexity index is 543. The summed E-state index contributed by atoms with van der Waals surface area (Å²) < 4.78 is 0. The molecule has 0 aromatic heterocycles. The summed E-state index contributed by atoms with van der Waals surface area (Å²) in [6, 6.07) is 7.87. The van der Waals surface area contributed by atoms with Crippen LogP contribution in [0.2, 0.25) is 0 Å².